The molecule has 0 radical (unpaired) electrons. The molecule has 1 fully saturated rings. The Morgan fingerprint density at radius 2 is 1.91 bits per heavy atom. The second-order valence-electron chi connectivity index (χ2n) is 8.87. The fourth-order valence-electron chi connectivity index (χ4n) is 4.25. The average molecular weight is 577 g/mol. The van der Waals surface area contributed by atoms with Crippen LogP contribution in [0.5, 0.6) is 5.75 Å². The van der Waals surface area contributed by atoms with Crippen LogP contribution < -0.4 is 15.4 Å². The molecule has 0 atom stereocenters. The molecule has 0 unspecified atom stereocenters. The molecule has 7 nitrogen and oxygen atoms in total. The molecule has 0 bridgehead atoms. The van der Waals surface area contributed by atoms with Crippen molar-refractivity contribution in [2.24, 2.45) is 10.4 Å². The second kappa shape index (κ2) is 17.4. The highest BCUT2D eigenvalue weighted by molar-refractivity contribution is 14.0. The summed E-state index contributed by atoms with van der Waals surface area (Å²) in [6.45, 7) is 7.73. The van der Waals surface area contributed by atoms with Gasteiger partial charge in [0.25, 0.3) is 0 Å². The first-order valence-electron chi connectivity index (χ1n) is 12.1. The number of likely N-dealkylation sites (N-methyl/N-ethyl adjacent to an activating group) is 1. The minimum atomic E-state index is 0. The number of hydrogen-bond donors (Lipinski definition) is 3. The number of ether oxygens (including phenoxy) is 2. The molecule has 0 aliphatic heterocycles. The van der Waals surface area contributed by atoms with Gasteiger partial charge < -0.3 is 30.1 Å². The average Bonchev–Trinajstić information content (AvgIpc) is 2.81. The van der Waals surface area contributed by atoms with Crippen LogP contribution in [0.25, 0.3) is 0 Å². The van der Waals surface area contributed by atoms with E-state index in [1.54, 1.807) is 7.11 Å². The van der Waals surface area contributed by atoms with Gasteiger partial charge in [0, 0.05) is 39.9 Å². The Labute approximate surface area is 217 Å². The first-order chi connectivity index (χ1) is 15.6. The van der Waals surface area contributed by atoms with E-state index in [0.717, 1.165) is 56.5 Å². The normalized spacial score (nSPS) is 15.7. The molecule has 190 valence electrons. The number of aliphatic imine (C=N–C) groups is 1. The van der Waals surface area contributed by atoms with Crippen LogP contribution in [0.3, 0.4) is 0 Å². The van der Waals surface area contributed by atoms with E-state index >= 15 is 0 Å². The predicted octanol–water partition coefficient (Wildman–Crippen LogP) is 3.65. The van der Waals surface area contributed by atoms with Crippen molar-refractivity contribution in [3.63, 3.8) is 0 Å². The van der Waals surface area contributed by atoms with Gasteiger partial charge >= 0.3 is 0 Å². The van der Waals surface area contributed by atoms with Crippen molar-refractivity contribution in [1.82, 2.24) is 15.5 Å². The van der Waals surface area contributed by atoms with Gasteiger partial charge in [0.1, 0.15) is 12.4 Å². The molecule has 8 heteroatoms. The van der Waals surface area contributed by atoms with Crippen LogP contribution in [0.1, 0.15) is 51.0 Å². The number of nitrogens with one attached hydrogen (secondary N) is 2. The van der Waals surface area contributed by atoms with Gasteiger partial charge in [-0.15, -0.1) is 24.0 Å². The Morgan fingerprint density at radius 1 is 1.15 bits per heavy atom. The lowest BCUT2D eigenvalue weighted by atomic mass is 9.72. The van der Waals surface area contributed by atoms with Crippen LogP contribution in [-0.4, -0.2) is 76.1 Å². The SMILES string of the molecule is CCNC(=NCc1cccc(OCCN(C)CCOC)c1)NCC1(CCO)CCCCC1.I. The molecule has 1 aromatic rings. The molecule has 1 aromatic carbocycles. The molecule has 1 aliphatic rings. The maximum Gasteiger partial charge on any atom is 0.191 e. The number of hydrogen-bond acceptors (Lipinski definition) is 5. The summed E-state index contributed by atoms with van der Waals surface area (Å²) < 4.78 is 11.0. The van der Waals surface area contributed by atoms with Crippen molar-refractivity contribution in [3.05, 3.63) is 29.8 Å². The van der Waals surface area contributed by atoms with Crippen molar-refractivity contribution >= 4 is 29.9 Å². The molecule has 0 aromatic heterocycles. The van der Waals surface area contributed by atoms with Gasteiger partial charge in [0.05, 0.1) is 13.2 Å². The highest BCUT2D eigenvalue weighted by atomic mass is 127. The zero-order valence-corrected chi connectivity index (χ0v) is 23.1. The van der Waals surface area contributed by atoms with Crippen LogP contribution in [0.2, 0.25) is 0 Å². The van der Waals surface area contributed by atoms with Crippen LogP contribution in [-0.2, 0) is 11.3 Å². The number of rotatable bonds is 14. The Kier molecular flexibility index (Phi) is 15.7. The first kappa shape index (κ1) is 29.9. The molecule has 0 spiro atoms. The minimum Gasteiger partial charge on any atom is -0.492 e. The standard InChI is InChI=1S/C25H44N4O3.HI/c1-4-26-24(28-21-25(13-16-30)11-6-5-7-12-25)27-20-22-9-8-10-23(19-22)32-18-15-29(2)14-17-31-3;/h8-10,19,30H,4-7,11-18,20-21H2,1-3H3,(H2,26,27,28);1H. The van der Waals surface area contributed by atoms with Crippen molar-refractivity contribution in [2.45, 2.75) is 52.0 Å². The molecule has 2 rings (SSSR count). The Bertz CT molecular complexity index is 663. The lowest BCUT2D eigenvalue weighted by molar-refractivity contribution is 0.131. The van der Waals surface area contributed by atoms with Crippen LogP contribution in [0, 0.1) is 5.41 Å². The quantitative estimate of drug-likeness (QED) is 0.178. The fraction of sp³-hybridized carbons (Fsp3) is 0.720. The maximum atomic E-state index is 9.57. The molecule has 1 saturated carbocycles. The topological polar surface area (TPSA) is 78.4 Å². The summed E-state index contributed by atoms with van der Waals surface area (Å²) in [4.78, 5) is 6.99. The van der Waals surface area contributed by atoms with E-state index in [1.807, 2.05) is 12.1 Å². The molecule has 3 N–H and O–H groups in total. The lowest BCUT2D eigenvalue weighted by Crippen LogP contribution is -2.44. The molecule has 0 amide bonds. The van der Waals surface area contributed by atoms with E-state index in [0.29, 0.717) is 13.2 Å². The van der Waals surface area contributed by atoms with Gasteiger partial charge in [-0.05, 0) is 56.3 Å². The number of guanidine groups is 1. The number of aliphatic hydroxyl groups excluding tert-OH is 1. The van der Waals surface area contributed by atoms with Crippen molar-refractivity contribution in [2.75, 3.05) is 60.2 Å². The van der Waals surface area contributed by atoms with E-state index in [2.05, 4.69) is 41.6 Å². The summed E-state index contributed by atoms with van der Waals surface area (Å²) in [5.41, 5.74) is 1.31. The lowest BCUT2D eigenvalue weighted by Gasteiger charge is -2.37. The third kappa shape index (κ3) is 11.7. The van der Waals surface area contributed by atoms with Gasteiger partial charge in [-0.2, -0.15) is 0 Å². The number of benzene rings is 1. The smallest absolute Gasteiger partial charge is 0.191 e. The van der Waals surface area contributed by atoms with Crippen molar-refractivity contribution in [1.29, 1.82) is 0 Å². The third-order valence-electron chi connectivity index (χ3n) is 6.27. The predicted molar refractivity (Wildman–Crippen MR) is 147 cm³/mol. The summed E-state index contributed by atoms with van der Waals surface area (Å²) in [5.74, 6) is 1.71. The van der Waals surface area contributed by atoms with E-state index in [4.69, 9.17) is 14.5 Å². The summed E-state index contributed by atoms with van der Waals surface area (Å²) >= 11 is 0. The van der Waals surface area contributed by atoms with Crippen molar-refractivity contribution in [3.8, 4) is 5.75 Å². The number of nitrogens with zero attached hydrogens (tertiary/aromatic N) is 2. The molecule has 1 aliphatic carbocycles. The zero-order chi connectivity index (χ0) is 23.1. The van der Waals surface area contributed by atoms with Gasteiger partial charge in [-0.1, -0.05) is 31.4 Å². The highest BCUT2D eigenvalue weighted by Crippen LogP contribution is 2.38. The van der Waals surface area contributed by atoms with E-state index in [9.17, 15) is 5.11 Å². The molecule has 0 saturated heterocycles. The summed E-state index contributed by atoms with van der Waals surface area (Å²) in [7, 11) is 3.79. The van der Waals surface area contributed by atoms with Gasteiger partial charge in [0.2, 0.25) is 0 Å². The molecule has 0 heterocycles. The van der Waals surface area contributed by atoms with Crippen LogP contribution in [0.15, 0.2) is 29.3 Å². The first-order valence-corrected chi connectivity index (χ1v) is 12.1. The molecular weight excluding hydrogens is 531 g/mol. The monoisotopic (exact) mass is 576 g/mol. The fourth-order valence-corrected chi connectivity index (χ4v) is 4.25. The summed E-state index contributed by atoms with van der Waals surface area (Å²) in [5, 5.41) is 16.5. The summed E-state index contributed by atoms with van der Waals surface area (Å²) in [6, 6.07) is 8.16. The van der Waals surface area contributed by atoms with Crippen molar-refractivity contribution < 1.29 is 14.6 Å². The van der Waals surface area contributed by atoms with E-state index < -0.39 is 0 Å². The zero-order valence-electron chi connectivity index (χ0n) is 20.8. The molecule has 33 heavy (non-hydrogen) atoms. The van der Waals surface area contributed by atoms with Crippen LogP contribution in [0.4, 0.5) is 0 Å². The molecular formula is C25H45IN4O3. The van der Waals surface area contributed by atoms with Gasteiger partial charge in [-0.3, -0.25) is 0 Å². The maximum absolute atomic E-state index is 9.57. The van der Waals surface area contributed by atoms with Gasteiger partial charge in [0.15, 0.2) is 5.96 Å². The van der Waals surface area contributed by atoms with Crippen LogP contribution >= 0.6 is 24.0 Å². The Hall–Kier alpha value is -1.10. The minimum absolute atomic E-state index is 0. The second-order valence-corrected chi connectivity index (χ2v) is 8.87. The number of methoxy groups -OCH3 is 1. The largest absolute Gasteiger partial charge is 0.492 e. The van der Waals surface area contributed by atoms with E-state index in [-0.39, 0.29) is 36.0 Å². The number of aliphatic hydroxyl groups is 1. The highest BCUT2D eigenvalue weighted by Gasteiger charge is 2.31. The summed E-state index contributed by atoms with van der Waals surface area (Å²) in [6.07, 6.45) is 7.04. The Morgan fingerprint density at radius 3 is 2.61 bits per heavy atom. The third-order valence-corrected chi connectivity index (χ3v) is 6.27. The number of halogens is 1. The van der Waals surface area contributed by atoms with E-state index in [1.165, 1.54) is 32.1 Å². The van der Waals surface area contributed by atoms with Gasteiger partial charge in [-0.25, -0.2) is 4.99 Å². The Balaban J connectivity index is 0.00000544.